The molecule has 18 heavy (non-hydrogen) atoms. The van der Waals surface area contributed by atoms with E-state index in [-0.39, 0.29) is 0 Å². The maximum absolute atomic E-state index is 3.75. The zero-order chi connectivity index (χ0) is 13.9. The lowest BCUT2D eigenvalue weighted by atomic mass is 9.86. The summed E-state index contributed by atoms with van der Waals surface area (Å²) in [6, 6.07) is 2.01. The van der Waals surface area contributed by atoms with Gasteiger partial charge in [-0.25, -0.2) is 0 Å². The van der Waals surface area contributed by atoms with Crippen LogP contribution in [0.3, 0.4) is 0 Å². The molecular weight excluding hydrogens is 220 g/mol. The van der Waals surface area contributed by atoms with Crippen molar-refractivity contribution in [2.75, 3.05) is 13.1 Å². The lowest BCUT2D eigenvalue weighted by molar-refractivity contribution is 0.111. The summed E-state index contributed by atoms with van der Waals surface area (Å²) >= 11 is 0. The normalized spacial score (nSPS) is 29.3. The lowest BCUT2D eigenvalue weighted by Gasteiger charge is -2.39. The van der Waals surface area contributed by atoms with Gasteiger partial charge in [0.1, 0.15) is 0 Å². The predicted molar refractivity (Wildman–Crippen MR) is 80.9 cm³/mol. The SMILES string of the molecule is CC(C)CC(C)N1CC(C(C)(C)C)NCCC1C. The van der Waals surface area contributed by atoms with E-state index in [1.54, 1.807) is 0 Å². The second-order valence-corrected chi connectivity index (χ2v) is 7.69. The van der Waals surface area contributed by atoms with Crippen LogP contribution in [0.25, 0.3) is 0 Å². The highest BCUT2D eigenvalue weighted by molar-refractivity contribution is 4.90. The molecule has 1 rings (SSSR count). The fourth-order valence-electron chi connectivity index (χ4n) is 3.10. The van der Waals surface area contributed by atoms with Crippen LogP contribution in [0.1, 0.15) is 61.3 Å². The van der Waals surface area contributed by atoms with Crippen LogP contribution < -0.4 is 5.32 Å². The lowest BCUT2D eigenvalue weighted by Crippen LogP contribution is -2.50. The molecule has 0 aromatic heterocycles. The van der Waals surface area contributed by atoms with Gasteiger partial charge < -0.3 is 5.32 Å². The van der Waals surface area contributed by atoms with E-state index in [9.17, 15) is 0 Å². The van der Waals surface area contributed by atoms with E-state index < -0.39 is 0 Å². The van der Waals surface area contributed by atoms with Gasteiger partial charge in [-0.05, 0) is 44.6 Å². The average molecular weight is 254 g/mol. The molecule has 0 bridgehead atoms. The number of rotatable bonds is 3. The number of nitrogens with zero attached hydrogens (tertiary/aromatic N) is 1. The second kappa shape index (κ2) is 6.38. The second-order valence-electron chi connectivity index (χ2n) is 7.69. The monoisotopic (exact) mass is 254 g/mol. The first-order chi connectivity index (χ1) is 8.21. The maximum Gasteiger partial charge on any atom is 0.0243 e. The quantitative estimate of drug-likeness (QED) is 0.829. The van der Waals surface area contributed by atoms with Crippen LogP contribution in [0.5, 0.6) is 0 Å². The van der Waals surface area contributed by atoms with Gasteiger partial charge in [0.15, 0.2) is 0 Å². The van der Waals surface area contributed by atoms with Gasteiger partial charge in [-0.15, -0.1) is 0 Å². The summed E-state index contributed by atoms with van der Waals surface area (Å²) in [5.74, 6) is 0.788. The van der Waals surface area contributed by atoms with Crippen LogP contribution in [0.15, 0.2) is 0 Å². The maximum atomic E-state index is 3.75. The molecule has 1 aliphatic heterocycles. The molecule has 1 aliphatic rings. The van der Waals surface area contributed by atoms with Crippen molar-refractivity contribution in [3.63, 3.8) is 0 Å². The summed E-state index contributed by atoms with van der Waals surface area (Å²) in [6.45, 7) is 18.9. The van der Waals surface area contributed by atoms with Crippen molar-refractivity contribution < 1.29 is 0 Å². The molecule has 2 heteroatoms. The molecular formula is C16H34N2. The van der Waals surface area contributed by atoms with Crippen molar-refractivity contribution in [2.45, 2.75) is 79.4 Å². The van der Waals surface area contributed by atoms with Crippen molar-refractivity contribution >= 4 is 0 Å². The molecule has 3 atom stereocenters. The van der Waals surface area contributed by atoms with E-state index in [2.05, 4.69) is 58.7 Å². The van der Waals surface area contributed by atoms with Gasteiger partial charge in [0.05, 0.1) is 0 Å². The van der Waals surface area contributed by atoms with Crippen molar-refractivity contribution in [1.29, 1.82) is 0 Å². The minimum atomic E-state index is 0.347. The first-order valence-corrected chi connectivity index (χ1v) is 7.71. The summed E-state index contributed by atoms with van der Waals surface area (Å²) in [7, 11) is 0. The van der Waals surface area contributed by atoms with E-state index in [4.69, 9.17) is 0 Å². The van der Waals surface area contributed by atoms with Crippen molar-refractivity contribution in [1.82, 2.24) is 10.2 Å². The summed E-state index contributed by atoms with van der Waals surface area (Å²) < 4.78 is 0. The Morgan fingerprint density at radius 3 is 2.33 bits per heavy atom. The highest BCUT2D eigenvalue weighted by Crippen LogP contribution is 2.25. The van der Waals surface area contributed by atoms with Crippen LogP contribution >= 0.6 is 0 Å². The van der Waals surface area contributed by atoms with Crippen molar-refractivity contribution in [3.8, 4) is 0 Å². The Balaban J connectivity index is 2.73. The summed E-state index contributed by atoms with van der Waals surface area (Å²) in [6.07, 6.45) is 2.58. The third kappa shape index (κ3) is 4.55. The fourth-order valence-corrected chi connectivity index (χ4v) is 3.10. The summed E-state index contributed by atoms with van der Waals surface area (Å²) in [5, 5.41) is 3.75. The van der Waals surface area contributed by atoms with Gasteiger partial charge in [0, 0.05) is 24.7 Å². The van der Waals surface area contributed by atoms with E-state index in [1.165, 1.54) is 19.4 Å². The molecule has 1 fully saturated rings. The zero-order valence-electron chi connectivity index (χ0n) is 13.6. The van der Waals surface area contributed by atoms with Crippen molar-refractivity contribution in [2.24, 2.45) is 11.3 Å². The fraction of sp³-hybridized carbons (Fsp3) is 1.00. The number of hydrogen-bond donors (Lipinski definition) is 1. The van der Waals surface area contributed by atoms with E-state index in [0.29, 0.717) is 23.5 Å². The Morgan fingerprint density at radius 1 is 1.22 bits per heavy atom. The van der Waals surface area contributed by atoms with E-state index in [1.807, 2.05) is 0 Å². The van der Waals surface area contributed by atoms with E-state index >= 15 is 0 Å². The van der Waals surface area contributed by atoms with Gasteiger partial charge in [0.2, 0.25) is 0 Å². The van der Waals surface area contributed by atoms with Crippen LogP contribution in [0.2, 0.25) is 0 Å². The molecule has 3 unspecified atom stereocenters. The average Bonchev–Trinajstić information content (AvgIpc) is 2.37. The first kappa shape index (κ1) is 16.0. The molecule has 108 valence electrons. The van der Waals surface area contributed by atoms with Gasteiger partial charge in [-0.2, -0.15) is 0 Å². The molecule has 0 aromatic rings. The van der Waals surface area contributed by atoms with Gasteiger partial charge >= 0.3 is 0 Å². The Labute approximate surface area is 115 Å². The molecule has 0 aromatic carbocycles. The van der Waals surface area contributed by atoms with Crippen molar-refractivity contribution in [3.05, 3.63) is 0 Å². The molecule has 2 nitrogen and oxygen atoms in total. The van der Waals surface area contributed by atoms with E-state index in [0.717, 1.165) is 12.5 Å². The third-order valence-corrected chi connectivity index (χ3v) is 4.34. The molecule has 0 saturated carbocycles. The van der Waals surface area contributed by atoms with Gasteiger partial charge in [0.25, 0.3) is 0 Å². The van der Waals surface area contributed by atoms with Crippen LogP contribution in [-0.4, -0.2) is 36.1 Å². The zero-order valence-corrected chi connectivity index (χ0v) is 13.6. The smallest absolute Gasteiger partial charge is 0.0243 e. The summed E-state index contributed by atoms with van der Waals surface area (Å²) in [4.78, 5) is 2.73. The highest BCUT2D eigenvalue weighted by Gasteiger charge is 2.32. The van der Waals surface area contributed by atoms with Crippen LogP contribution in [0, 0.1) is 11.3 Å². The van der Waals surface area contributed by atoms with Gasteiger partial charge in [-0.3, -0.25) is 4.90 Å². The Bertz CT molecular complexity index is 242. The molecule has 1 saturated heterocycles. The minimum Gasteiger partial charge on any atom is -0.312 e. The van der Waals surface area contributed by atoms with Crippen LogP contribution in [-0.2, 0) is 0 Å². The van der Waals surface area contributed by atoms with Gasteiger partial charge in [-0.1, -0.05) is 34.6 Å². The molecule has 0 radical (unpaired) electrons. The summed E-state index contributed by atoms with van der Waals surface area (Å²) in [5.41, 5.74) is 0.347. The molecule has 0 aliphatic carbocycles. The third-order valence-electron chi connectivity index (χ3n) is 4.34. The van der Waals surface area contributed by atoms with Crippen LogP contribution in [0.4, 0.5) is 0 Å². The standard InChI is InChI=1S/C16H34N2/c1-12(2)10-14(4)18-11-15(16(5,6)7)17-9-8-13(18)3/h12-15,17H,8-11H2,1-7H3. The predicted octanol–water partition coefficient (Wildman–Crippen LogP) is 3.52. The topological polar surface area (TPSA) is 15.3 Å². The Morgan fingerprint density at radius 2 is 1.83 bits per heavy atom. The number of hydrogen-bond acceptors (Lipinski definition) is 2. The highest BCUT2D eigenvalue weighted by atomic mass is 15.2. The minimum absolute atomic E-state index is 0.347. The molecule has 1 heterocycles. The Hall–Kier alpha value is -0.0800. The molecule has 0 spiro atoms. The first-order valence-electron chi connectivity index (χ1n) is 7.71. The largest absolute Gasteiger partial charge is 0.312 e. The molecule has 1 N–H and O–H groups in total. The Kier molecular flexibility index (Phi) is 5.67. The molecule has 0 amide bonds. The number of nitrogens with one attached hydrogen (secondary N) is 1.